The maximum atomic E-state index is 12.5. The molecule has 0 amide bonds. The number of hydrogen-bond acceptors (Lipinski definition) is 5. The number of rotatable bonds is 8. The van der Waals surface area contributed by atoms with Crippen molar-refractivity contribution in [2.24, 2.45) is 0 Å². The summed E-state index contributed by atoms with van der Waals surface area (Å²) in [5.41, 5.74) is 0.423. The van der Waals surface area contributed by atoms with E-state index < -0.39 is 11.5 Å². The van der Waals surface area contributed by atoms with Crippen LogP contribution in [-0.2, 0) is 0 Å². The Balaban J connectivity index is 2.18. The zero-order valence-electron chi connectivity index (χ0n) is 13.9. The topological polar surface area (TPSA) is 76.0 Å². The SMILES string of the molecule is CCCCOc1ccc(C(=O)c2ccc(OCC)c(O)c2O)cc1. The number of carbonyl (C=O) groups is 1. The molecule has 0 radical (unpaired) electrons. The average molecular weight is 330 g/mol. The smallest absolute Gasteiger partial charge is 0.201 e. The van der Waals surface area contributed by atoms with Crippen molar-refractivity contribution in [3.05, 3.63) is 47.5 Å². The summed E-state index contributed by atoms with van der Waals surface area (Å²) in [6.45, 7) is 4.83. The molecule has 0 atom stereocenters. The van der Waals surface area contributed by atoms with E-state index in [1.165, 1.54) is 12.1 Å². The van der Waals surface area contributed by atoms with Crippen molar-refractivity contribution >= 4 is 5.78 Å². The molecule has 128 valence electrons. The van der Waals surface area contributed by atoms with Crippen LogP contribution in [0.15, 0.2) is 36.4 Å². The number of hydrogen-bond donors (Lipinski definition) is 2. The molecule has 2 aromatic rings. The van der Waals surface area contributed by atoms with Gasteiger partial charge in [-0.15, -0.1) is 0 Å². The lowest BCUT2D eigenvalue weighted by atomic mass is 10.0. The van der Waals surface area contributed by atoms with Crippen LogP contribution >= 0.6 is 0 Å². The zero-order valence-corrected chi connectivity index (χ0v) is 13.9. The summed E-state index contributed by atoms with van der Waals surface area (Å²) < 4.78 is 10.7. The molecule has 2 N–H and O–H groups in total. The first-order valence-corrected chi connectivity index (χ1v) is 8.03. The van der Waals surface area contributed by atoms with E-state index in [1.54, 1.807) is 31.2 Å². The highest BCUT2D eigenvalue weighted by molar-refractivity contribution is 6.11. The lowest BCUT2D eigenvalue weighted by molar-refractivity contribution is 0.103. The molecule has 0 saturated heterocycles. The molecule has 0 aliphatic carbocycles. The minimum absolute atomic E-state index is 0.0237. The van der Waals surface area contributed by atoms with Gasteiger partial charge in [0.2, 0.25) is 5.75 Å². The van der Waals surface area contributed by atoms with Crippen LogP contribution in [0.5, 0.6) is 23.0 Å². The number of phenols is 2. The average Bonchev–Trinajstić information content (AvgIpc) is 2.60. The van der Waals surface area contributed by atoms with Gasteiger partial charge in [0.15, 0.2) is 17.3 Å². The third-order valence-corrected chi connectivity index (χ3v) is 3.54. The Morgan fingerprint density at radius 2 is 1.67 bits per heavy atom. The summed E-state index contributed by atoms with van der Waals surface area (Å²) in [5, 5.41) is 20.0. The second kappa shape index (κ2) is 8.24. The predicted octanol–water partition coefficient (Wildman–Crippen LogP) is 3.91. The molecule has 0 bridgehead atoms. The van der Waals surface area contributed by atoms with E-state index in [0.29, 0.717) is 24.5 Å². The molecular formula is C19H22O5. The Hall–Kier alpha value is -2.69. The molecule has 2 aromatic carbocycles. The van der Waals surface area contributed by atoms with Gasteiger partial charge in [0.1, 0.15) is 5.75 Å². The monoisotopic (exact) mass is 330 g/mol. The first kappa shape index (κ1) is 17.7. The van der Waals surface area contributed by atoms with E-state index in [4.69, 9.17) is 9.47 Å². The molecule has 0 aromatic heterocycles. The van der Waals surface area contributed by atoms with Gasteiger partial charge in [-0.1, -0.05) is 13.3 Å². The fourth-order valence-corrected chi connectivity index (χ4v) is 2.21. The van der Waals surface area contributed by atoms with Gasteiger partial charge in [-0.2, -0.15) is 0 Å². The van der Waals surface area contributed by atoms with Crippen molar-refractivity contribution in [3.63, 3.8) is 0 Å². The standard InChI is InChI=1S/C19H22O5/c1-3-5-12-24-14-8-6-13(7-9-14)17(20)15-10-11-16(23-4-2)19(22)18(15)21/h6-11,21-22H,3-5,12H2,1-2H3. The Morgan fingerprint density at radius 1 is 0.958 bits per heavy atom. The van der Waals surface area contributed by atoms with Gasteiger partial charge in [0, 0.05) is 5.56 Å². The van der Waals surface area contributed by atoms with Gasteiger partial charge in [0.25, 0.3) is 0 Å². The molecule has 0 heterocycles. The number of aromatic hydroxyl groups is 2. The van der Waals surface area contributed by atoms with Crippen LogP contribution in [-0.4, -0.2) is 29.2 Å². The van der Waals surface area contributed by atoms with Gasteiger partial charge in [-0.05, 0) is 49.7 Å². The third kappa shape index (κ3) is 3.98. The van der Waals surface area contributed by atoms with E-state index >= 15 is 0 Å². The van der Waals surface area contributed by atoms with E-state index in [1.807, 2.05) is 0 Å². The van der Waals surface area contributed by atoms with Crippen LogP contribution in [0.2, 0.25) is 0 Å². The van der Waals surface area contributed by atoms with Gasteiger partial charge in [-0.3, -0.25) is 4.79 Å². The zero-order chi connectivity index (χ0) is 17.5. The first-order chi connectivity index (χ1) is 11.6. The third-order valence-electron chi connectivity index (χ3n) is 3.54. The molecule has 5 heteroatoms. The maximum Gasteiger partial charge on any atom is 0.201 e. The van der Waals surface area contributed by atoms with E-state index in [-0.39, 0.29) is 17.1 Å². The van der Waals surface area contributed by atoms with Crippen molar-refractivity contribution in [2.75, 3.05) is 13.2 Å². The Labute approximate surface area is 141 Å². The van der Waals surface area contributed by atoms with Crippen LogP contribution in [0.25, 0.3) is 0 Å². The number of ether oxygens (including phenoxy) is 2. The minimum Gasteiger partial charge on any atom is -0.504 e. The van der Waals surface area contributed by atoms with E-state index in [0.717, 1.165) is 12.8 Å². The number of phenolic OH excluding ortho intramolecular Hbond substituents is 2. The van der Waals surface area contributed by atoms with Gasteiger partial charge in [0.05, 0.1) is 18.8 Å². The molecule has 0 spiro atoms. The molecule has 0 fully saturated rings. The fraction of sp³-hybridized carbons (Fsp3) is 0.316. The number of unbranched alkanes of at least 4 members (excludes halogenated alkanes) is 1. The van der Waals surface area contributed by atoms with Crippen molar-refractivity contribution in [2.45, 2.75) is 26.7 Å². The summed E-state index contributed by atoms with van der Waals surface area (Å²) >= 11 is 0. The second-order valence-electron chi connectivity index (χ2n) is 5.30. The van der Waals surface area contributed by atoms with Crippen LogP contribution in [0, 0.1) is 0 Å². The van der Waals surface area contributed by atoms with Crippen LogP contribution in [0.1, 0.15) is 42.6 Å². The largest absolute Gasteiger partial charge is 0.504 e. The summed E-state index contributed by atoms with van der Waals surface area (Å²) in [6, 6.07) is 9.61. The highest BCUT2D eigenvalue weighted by Gasteiger charge is 2.19. The summed E-state index contributed by atoms with van der Waals surface area (Å²) in [5.74, 6) is -0.451. The maximum absolute atomic E-state index is 12.5. The lowest BCUT2D eigenvalue weighted by Crippen LogP contribution is -2.03. The minimum atomic E-state index is -0.478. The summed E-state index contributed by atoms with van der Waals surface area (Å²) in [6.07, 6.45) is 2.02. The number of ketones is 1. The predicted molar refractivity (Wildman–Crippen MR) is 91.2 cm³/mol. The molecule has 0 saturated carbocycles. The second-order valence-corrected chi connectivity index (χ2v) is 5.30. The van der Waals surface area contributed by atoms with Gasteiger partial charge in [-0.25, -0.2) is 0 Å². The Bertz CT molecular complexity index is 692. The molecule has 5 nitrogen and oxygen atoms in total. The fourth-order valence-electron chi connectivity index (χ4n) is 2.21. The van der Waals surface area contributed by atoms with E-state index in [9.17, 15) is 15.0 Å². The van der Waals surface area contributed by atoms with Crippen LogP contribution in [0.3, 0.4) is 0 Å². The van der Waals surface area contributed by atoms with Crippen molar-refractivity contribution in [3.8, 4) is 23.0 Å². The highest BCUT2D eigenvalue weighted by atomic mass is 16.5. The van der Waals surface area contributed by atoms with Crippen LogP contribution < -0.4 is 9.47 Å². The summed E-state index contributed by atoms with van der Waals surface area (Å²) in [7, 11) is 0. The molecule has 24 heavy (non-hydrogen) atoms. The molecule has 0 aliphatic heterocycles. The highest BCUT2D eigenvalue weighted by Crippen LogP contribution is 2.38. The van der Waals surface area contributed by atoms with E-state index in [2.05, 4.69) is 6.92 Å². The number of benzene rings is 2. The van der Waals surface area contributed by atoms with Crippen LogP contribution in [0.4, 0.5) is 0 Å². The molecule has 0 aliphatic rings. The Morgan fingerprint density at radius 3 is 2.29 bits per heavy atom. The first-order valence-electron chi connectivity index (χ1n) is 8.03. The molecule has 0 unspecified atom stereocenters. The lowest BCUT2D eigenvalue weighted by Gasteiger charge is -2.11. The quantitative estimate of drug-likeness (QED) is 0.436. The molecule has 2 rings (SSSR count). The van der Waals surface area contributed by atoms with Crippen molar-refractivity contribution in [1.82, 2.24) is 0 Å². The molecular weight excluding hydrogens is 308 g/mol. The Kier molecular flexibility index (Phi) is 6.07. The van der Waals surface area contributed by atoms with Crippen molar-refractivity contribution in [1.29, 1.82) is 0 Å². The summed E-state index contributed by atoms with van der Waals surface area (Å²) in [4.78, 5) is 12.5. The van der Waals surface area contributed by atoms with Crippen molar-refractivity contribution < 1.29 is 24.5 Å². The van der Waals surface area contributed by atoms with Gasteiger partial charge >= 0.3 is 0 Å². The van der Waals surface area contributed by atoms with Gasteiger partial charge < -0.3 is 19.7 Å². The normalized spacial score (nSPS) is 10.4. The number of carbonyl (C=O) groups excluding carboxylic acids is 1.